The van der Waals surface area contributed by atoms with E-state index in [9.17, 15) is 9.59 Å². The van der Waals surface area contributed by atoms with Gasteiger partial charge in [0.15, 0.2) is 11.5 Å². The van der Waals surface area contributed by atoms with Crippen LogP contribution in [0.5, 0.6) is 17.2 Å². The first-order chi connectivity index (χ1) is 14.6. The number of hydrogen-bond donors (Lipinski definition) is 2. The van der Waals surface area contributed by atoms with E-state index < -0.39 is 0 Å². The second-order valence-corrected chi connectivity index (χ2v) is 6.68. The first-order valence-corrected chi connectivity index (χ1v) is 9.44. The Morgan fingerprint density at radius 1 is 0.933 bits per heavy atom. The minimum Gasteiger partial charge on any atom is -0.493 e. The van der Waals surface area contributed by atoms with Gasteiger partial charge in [-0.3, -0.25) is 9.59 Å². The molecule has 0 unspecified atom stereocenters. The Morgan fingerprint density at radius 2 is 1.63 bits per heavy atom. The van der Waals surface area contributed by atoms with Crippen LogP contribution in [0.15, 0.2) is 83.7 Å². The maximum atomic E-state index is 12.5. The number of pyridine rings is 1. The predicted octanol–water partition coefficient (Wildman–Crippen LogP) is 4.26. The summed E-state index contributed by atoms with van der Waals surface area (Å²) in [6.45, 7) is 0.322. The number of rotatable bonds is 6. The van der Waals surface area contributed by atoms with Crippen LogP contribution in [0.25, 0.3) is 10.8 Å². The molecule has 0 aliphatic rings. The summed E-state index contributed by atoms with van der Waals surface area (Å²) in [5.41, 5.74) is 0.852. The van der Waals surface area contributed by atoms with Gasteiger partial charge in [0.1, 0.15) is 11.4 Å². The molecule has 0 atom stereocenters. The smallest absolute Gasteiger partial charge is 0.268 e. The molecule has 0 radical (unpaired) electrons. The number of para-hydroxylation sites is 2. The lowest BCUT2D eigenvalue weighted by atomic mass is 10.1. The van der Waals surface area contributed by atoms with Crippen molar-refractivity contribution in [3.63, 3.8) is 0 Å². The van der Waals surface area contributed by atoms with E-state index in [2.05, 4.69) is 10.3 Å². The highest BCUT2D eigenvalue weighted by atomic mass is 16.5. The van der Waals surface area contributed by atoms with Crippen molar-refractivity contribution in [2.24, 2.45) is 0 Å². The van der Waals surface area contributed by atoms with Crippen LogP contribution in [0.4, 0.5) is 0 Å². The maximum absolute atomic E-state index is 12.5. The monoisotopic (exact) mass is 400 g/mol. The molecule has 0 saturated heterocycles. The highest BCUT2D eigenvalue weighted by Gasteiger charge is 2.10. The molecule has 1 aromatic heterocycles. The van der Waals surface area contributed by atoms with E-state index in [1.54, 1.807) is 25.3 Å². The lowest BCUT2D eigenvalue weighted by Gasteiger charge is -2.11. The van der Waals surface area contributed by atoms with Crippen molar-refractivity contribution >= 4 is 16.7 Å². The number of aromatic nitrogens is 1. The van der Waals surface area contributed by atoms with Crippen molar-refractivity contribution in [2.45, 2.75) is 6.54 Å². The molecule has 6 heteroatoms. The van der Waals surface area contributed by atoms with E-state index in [4.69, 9.17) is 9.47 Å². The molecule has 4 aromatic rings. The molecule has 0 spiro atoms. The van der Waals surface area contributed by atoms with Crippen LogP contribution in [-0.4, -0.2) is 18.0 Å². The zero-order valence-corrected chi connectivity index (χ0v) is 16.3. The summed E-state index contributed by atoms with van der Waals surface area (Å²) in [5, 5.41) is 4.11. The molecule has 6 nitrogen and oxygen atoms in total. The first-order valence-electron chi connectivity index (χ1n) is 9.44. The fraction of sp³-hybridized carbons (Fsp3) is 0.0833. The van der Waals surface area contributed by atoms with E-state index in [0.717, 1.165) is 10.9 Å². The van der Waals surface area contributed by atoms with Gasteiger partial charge in [0.2, 0.25) is 0 Å². The van der Waals surface area contributed by atoms with Crippen LogP contribution in [-0.2, 0) is 6.54 Å². The number of methoxy groups -OCH3 is 1. The van der Waals surface area contributed by atoms with Crippen molar-refractivity contribution in [2.75, 3.05) is 7.11 Å². The van der Waals surface area contributed by atoms with Crippen LogP contribution in [0, 0.1) is 0 Å². The Labute approximate surface area is 173 Å². The summed E-state index contributed by atoms with van der Waals surface area (Å²) < 4.78 is 11.1. The summed E-state index contributed by atoms with van der Waals surface area (Å²) in [7, 11) is 1.59. The normalized spacial score (nSPS) is 10.6. The van der Waals surface area contributed by atoms with Crippen LogP contribution in [0.3, 0.4) is 0 Å². The number of H-pyrrole nitrogens is 1. The van der Waals surface area contributed by atoms with Gasteiger partial charge in [0, 0.05) is 11.9 Å². The Hall–Kier alpha value is -4.06. The lowest BCUT2D eigenvalue weighted by molar-refractivity contribution is 0.0946. The van der Waals surface area contributed by atoms with Gasteiger partial charge in [-0.25, -0.2) is 0 Å². The third kappa shape index (κ3) is 4.17. The molecular formula is C24H20N2O4. The third-order valence-corrected chi connectivity index (χ3v) is 4.67. The Bertz CT molecular complexity index is 1250. The molecule has 1 amide bonds. The highest BCUT2D eigenvalue weighted by molar-refractivity contribution is 5.96. The minimum absolute atomic E-state index is 0.231. The summed E-state index contributed by atoms with van der Waals surface area (Å²) in [5.74, 6) is 1.60. The molecule has 0 aliphatic carbocycles. The molecule has 0 aliphatic heterocycles. The molecule has 150 valence electrons. The van der Waals surface area contributed by atoms with Crippen LogP contribution in [0.2, 0.25) is 0 Å². The van der Waals surface area contributed by atoms with Crippen molar-refractivity contribution < 1.29 is 14.3 Å². The van der Waals surface area contributed by atoms with Crippen molar-refractivity contribution in [3.05, 3.63) is 100 Å². The molecule has 30 heavy (non-hydrogen) atoms. The van der Waals surface area contributed by atoms with Gasteiger partial charge in [0.25, 0.3) is 11.5 Å². The predicted molar refractivity (Wildman–Crippen MR) is 115 cm³/mol. The fourth-order valence-corrected chi connectivity index (χ4v) is 3.12. The third-order valence-electron chi connectivity index (χ3n) is 4.67. The average molecular weight is 400 g/mol. The first kappa shape index (κ1) is 19.3. The van der Waals surface area contributed by atoms with Crippen LogP contribution in [0.1, 0.15) is 16.1 Å². The van der Waals surface area contributed by atoms with Gasteiger partial charge in [-0.2, -0.15) is 0 Å². The number of hydrogen-bond acceptors (Lipinski definition) is 4. The SMILES string of the molecule is COc1ccccc1Oc1ccc(CNC(=O)c2cc3ccccc3c(=O)[nH]2)cc1. The minimum atomic E-state index is -0.341. The van der Waals surface area contributed by atoms with Gasteiger partial charge in [0.05, 0.1) is 7.11 Å². The van der Waals surface area contributed by atoms with E-state index in [0.29, 0.717) is 29.2 Å². The quantitative estimate of drug-likeness (QED) is 0.507. The van der Waals surface area contributed by atoms with Crippen molar-refractivity contribution in [1.82, 2.24) is 10.3 Å². The van der Waals surface area contributed by atoms with Crippen LogP contribution >= 0.6 is 0 Å². The average Bonchev–Trinajstić information content (AvgIpc) is 2.78. The molecule has 0 bridgehead atoms. The van der Waals surface area contributed by atoms with Gasteiger partial charge in [-0.05, 0) is 47.3 Å². The molecular weight excluding hydrogens is 380 g/mol. The van der Waals surface area contributed by atoms with E-state index in [1.165, 1.54) is 0 Å². The van der Waals surface area contributed by atoms with E-state index in [-0.39, 0.29) is 17.2 Å². The van der Waals surface area contributed by atoms with Gasteiger partial charge in [-0.1, -0.05) is 42.5 Å². The molecule has 1 heterocycles. The Balaban J connectivity index is 1.42. The molecule has 3 aromatic carbocycles. The number of amides is 1. The van der Waals surface area contributed by atoms with Gasteiger partial charge >= 0.3 is 0 Å². The zero-order valence-electron chi connectivity index (χ0n) is 16.3. The molecule has 2 N–H and O–H groups in total. The number of fused-ring (bicyclic) bond motifs is 1. The van der Waals surface area contributed by atoms with Gasteiger partial charge in [-0.15, -0.1) is 0 Å². The topological polar surface area (TPSA) is 80.4 Å². The Kier molecular flexibility index (Phi) is 5.48. The number of benzene rings is 3. The largest absolute Gasteiger partial charge is 0.493 e. The summed E-state index contributed by atoms with van der Waals surface area (Å²) in [6, 6.07) is 23.6. The summed E-state index contributed by atoms with van der Waals surface area (Å²) in [6.07, 6.45) is 0. The standard InChI is InChI=1S/C24H20N2O4/c1-29-21-8-4-5-9-22(21)30-18-12-10-16(11-13-18)15-25-24(28)20-14-17-6-2-3-7-19(17)23(27)26-20/h2-14H,15H2,1H3,(H,25,28)(H,26,27). The van der Waals surface area contributed by atoms with Crippen molar-refractivity contribution in [3.8, 4) is 17.2 Å². The number of aromatic amines is 1. The summed E-state index contributed by atoms with van der Waals surface area (Å²) >= 11 is 0. The lowest BCUT2D eigenvalue weighted by Crippen LogP contribution is -2.26. The number of carbonyl (C=O) groups excluding carboxylic acids is 1. The second-order valence-electron chi connectivity index (χ2n) is 6.68. The highest BCUT2D eigenvalue weighted by Crippen LogP contribution is 2.30. The fourth-order valence-electron chi connectivity index (χ4n) is 3.12. The maximum Gasteiger partial charge on any atom is 0.268 e. The van der Waals surface area contributed by atoms with E-state index >= 15 is 0 Å². The van der Waals surface area contributed by atoms with Gasteiger partial charge < -0.3 is 19.8 Å². The van der Waals surface area contributed by atoms with Crippen LogP contribution < -0.4 is 20.3 Å². The number of ether oxygens (including phenoxy) is 2. The second kappa shape index (κ2) is 8.53. The molecule has 0 fully saturated rings. The summed E-state index contributed by atoms with van der Waals surface area (Å²) in [4.78, 5) is 27.3. The van der Waals surface area contributed by atoms with E-state index in [1.807, 2.05) is 60.7 Å². The number of nitrogens with one attached hydrogen (secondary N) is 2. The van der Waals surface area contributed by atoms with Crippen molar-refractivity contribution in [1.29, 1.82) is 0 Å². The zero-order chi connectivity index (χ0) is 20.9. The number of carbonyl (C=O) groups is 1. The molecule has 4 rings (SSSR count). The molecule has 0 saturated carbocycles. The Morgan fingerprint density at radius 3 is 2.40 bits per heavy atom.